The van der Waals surface area contributed by atoms with Gasteiger partial charge < -0.3 is 48.4 Å². The third kappa shape index (κ3) is 9.31. The monoisotopic (exact) mass is 630 g/mol. The molecule has 0 aliphatic carbocycles. The molecule has 0 aromatic heterocycles. The second kappa shape index (κ2) is 17.1. The lowest BCUT2D eigenvalue weighted by Crippen LogP contribution is -2.56. The molecule has 0 saturated carbocycles. The minimum atomic E-state index is -1.43. The predicted octanol–water partition coefficient (Wildman–Crippen LogP) is 4.56. The van der Waals surface area contributed by atoms with E-state index in [1.165, 1.54) is 4.90 Å². The lowest BCUT2D eigenvalue weighted by Gasteiger charge is -2.44. The highest BCUT2D eigenvalue weighted by molar-refractivity contribution is 5.65. The number of benzene rings is 2. The smallest absolute Gasteiger partial charge is 0.407 e. The van der Waals surface area contributed by atoms with Gasteiger partial charge in [0.1, 0.15) is 24.1 Å². The quantitative estimate of drug-likeness (QED) is 0.241. The number of carboxylic acid groups (broad SMARTS) is 1. The number of methoxy groups -OCH3 is 1. The number of aliphatic hydroxyl groups is 1. The zero-order valence-corrected chi connectivity index (χ0v) is 27.2. The van der Waals surface area contributed by atoms with Crippen LogP contribution in [0.3, 0.4) is 0 Å². The molecule has 2 heterocycles. The second-order valence-electron chi connectivity index (χ2n) is 11.6. The Morgan fingerprint density at radius 3 is 2.62 bits per heavy atom. The maximum atomic E-state index is 12.3. The van der Waals surface area contributed by atoms with Gasteiger partial charge in [-0.25, -0.2) is 4.79 Å². The van der Waals surface area contributed by atoms with Crippen molar-refractivity contribution < 1.29 is 43.4 Å². The number of piperidine rings is 1. The first-order valence-corrected chi connectivity index (χ1v) is 16.0. The van der Waals surface area contributed by atoms with Crippen LogP contribution in [0.5, 0.6) is 5.75 Å². The molecule has 2 N–H and O–H groups in total. The maximum Gasteiger partial charge on any atom is 0.407 e. The average molecular weight is 631 g/mol. The van der Waals surface area contributed by atoms with Gasteiger partial charge in [-0.15, -0.1) is 0 Å². The van der Waals surface area contributed by atoms with Gasteiger partial charge in [-0.05, 0) is 61.6 Å². The van der Waals surface area contributed by atoms with Crippen LogP contribution in [0.2, 0.25) is 0 Å². The van der Waals surface area contributed by atoms with E-state index in [1.807, 2.05) is 51.1 Å². The molecule has 0 radical (unpaired) electrons. The van der Waals surface area contributed by atoms with Crippen molar-refractivity contribution in [1.29, 1.82) is 0 Å². The van der Waals surface area contributed by atoms with E-state index in [9.17, 15) is 15.0 Å². The number of anilines is 1. The van der Waals surface area contributed by atoms with E-state index >= 15 is 0 Å². The van der Waals surface area contributed by atoms with E-state index in [-0.39, 0.29) is 32.2 Å². The zero-order chi connectivity index (χ0) is 32.2. The molecule has 1 amide bonds. The molecule has 0 bridgehead atoms. The topological polar surface area (TPSA) is 119 Å². The van der Waals surface area contributed by atoms with Gasteiger partial charge in [0.2, 0.25) is 0 Å². The van der Waals surface area contributed by atoms with Gasteiger partial charge in [-0.1, -0.05) is 24.3 Å². The third-order valence-electron chi connectivity index (χ3n) is 8.33. The first-order valence-electron chi connectivity index (χ1n) is 16.0. The van der Waals surface area contributed by atoms with Crippen LogP contribution in [0.25, 0.3) is 0 Å². The Labute approximate surface area is 266 Å². The van der Waals surface area contributed by atoms with Crippen molar-refractivity contribution in [3.63, 3.8) is 0 Å². The number of hydrogen-bond donors (Lipinski definition) is 2. The Kier molecular flexibility index (Phi) is 13.3. The van der Waals surface area contributed by atoms with Crippen LogP contribution in [0.1, 0.15) is 55.9 Å². The van der Waals surface area contributed by atoms with Crippen LogP contribution in [0.15, 0.2) is 36.4 Å². The number of amides is 1. The molecule has 250 valence electrons. The van der Waals surface area contributed by atoms with Crippen molar-refractivity contribution in [1.82, 2.24) is 4.90 Å². The van der Waals surface area contributed by atoms with E-state index in [0.717, 1.165) is 47.6 Å². The van der Waals surface area contributed by atoms with E-state index < -0.39 is 17.8 Å². The van der Waals surface area contributed by atoms with Crippen molar-refractivity contribution in [2.45, 2.75) is 71.2 Å². The fraction of sp³-hybridized carbons (Fsp3) is 0.618. The van der Waals surface area contributed by atoms with Crippen molar-refractivity contribution in [3.8, 4) is 5.75 Å². The maximum absolute atomic E-state index is 12.3. The molecule has 2 aliphatic heterocycles. The Bertz CT molecular complexity index is 1230. The Morgan fingerprint density at radius 2 is 1.87 bits per heavy atom. The van der Waals surface area contributed by atoms with Crippen molar-refractivity contribution in [3.05, 3.63) is 58.7 Å². The molecule has 2 aromatic rings. The number of carbonyl (C=O) groups is 1. The highest BCUT2D eigenvalue weighted by Crippen LogP contribution is 2.39. The molecule has 1 saturated heterocycles. The van der Waals surface area contributed by atoms with Gasteiger partial charge >= 0.3 is 6.09 Å². The summed E-state index contributed by atoms with van der Waals surface area (Å²) in [6, 6.07) is 11.8. The van der Waals surface area contributed by atoms with Crippen LogP contribution in [-0.2, 0) is 49.1 Å². The summed E-state index contributed by atoms with van der Waals surface area (Å²) in [7, 11) is 1.70. The van der Waals surface area contributed by atoms with Gasteiger partial charge in [0.05, 0.1) is 51.3 Å². The lowest BCUT2D eigenvalue weighted by molar-refractivity contribution is -0.153. The first kappa shape index (κ1) is 34.9. The van der Waals surface area contributed by atoms with Crippen molar-refractivity contribution in [2.24, 2.45) is 0 Å². The molecule has 11 nitrogen and oxygen atoms in total. The average Bonchev–Trinajstić information content (AvgIpc) is 3.03. The molecule has 2 aromatic carbocycles. The summed E-state index contributed by atoms with van der Waals surface area (Å²) < 4.78 is 34.8. The van der Waals surface area contributed by atoms with Crippen molar-refractivity contribution in [2.75, 3.05) is 71.2 Å². The fourth-order valence-electron chi connectivity index (χ4n) is 5.98. The summed E-state index contributed by atoms with van der Waals surface area (Å²) in [6.45, 7) is 11.5. The van der Waals surface area contributed by atoms with E-state index in [4.69, 9.17) is 28.4 Å². The van der Waals surface area contributed by atoms with Crippen LogP contribution < -0.4 is 9.64 Å². The third-order valence-corrected chi connectivity index (χ3v) is 8.33. The minimum absolute atomic E-state index is 0.00317. The molecule has 3 atom stereocenters. The van der Waals surface area contributed by atoms with E-state index in [2.05, 4.69) is 11.0 Å². The minimum Gasteiger partial charge on any atom is -0.490 e. The largest absolute Gasteiger partial charge is 0.490 e. The second-order valence-corrected chi connectivity index (χ2v) is 11.6. The number of nitrogens with zero attached hydrogens (tertiary/aromatic N) is 2. The number of fused-ring (bicyclic) bond motifs is 1. The van der Waals surface area contributed by atoms with Gasteiger partial charge in [-0.2, -0.15) is 0 Å². The number of hydrogen-bond acceptors (Lipinski definition) is 9. The van der Waals surface area contributed by atoms with E-state index in [1.54, 1.807) is 7.11 Å². The summed E-state index contributed by atoms with van der Waals surface area (Å²) >= 11 is 0. The zero-order valence-electron chi connectivity index (χ0n) is 27.2. The molecule has 2 aliphatic rings. The Hall–Kier alpha value is -2.93. The highest BCUT2D eigenvalue weighted by atomic mass is 16.5. The van der Waals surface area contributed by atoms with Crippen LogP contribution in [0.4, 0.5) is 10.5 Å². The van der Waals surface area contributed by atoms with Crippen LogP contribution >= 0.6 is 0 Å². The summed E-state index contributed by atoms with van der Waals surface area (Å²) in [5.41, 5.74) is 2.94. The molecule has 45 heavy (non-hydrogen) atoms. The van der Waals surface area contributed by atoms with Crippen molar-refractivity contribution >= 4 is 11.8 Å². The molecular weight excluding hydrogens is 580 g/mol. The van der Waals surface area contributed by atoms with Gasteiger partial charge in [0.15, 0.2) is 0 Å². The fourth-order valence-corrected chi connectivity index (χ4v) is 5.98. The summed E-state index contributed by atoms with van der Waals surface area (Å²) in [5.74, 6) is 0.825. The number of ether oxygens (including phenoxy) is 6. The summed E-state index contributed by atoms with van der Waals surface area (Å²) in [5, 5.41) is 22.1. The molecule has 0 unspecified atom stereocenters. The lowest BCUT2D eigenvalue weighted by atomic mass is 9.79. The molecule has 11 heteroatoms. The van der Waals surface area contributed by atoms with Crippen LogP contribution in [-0.4, -0.2) is 99.7 Å². The molecular formula is C34H50N2O9. The van der Waals surface area contributed by atoms with E-state index in [0.29, 0.717) is 51.8 Å². The van der Waals surface area contributed by atoms with Crippen LogP contribution in [0, 0.1) is 0 Å². The normalized spacial score (nSPS) is 20.5. The summed E-state index contributed by atoms with van der Waals surface area (Å²) in [4.78, 5) is 15.6. The van der Waals surface area contributed by atoms with Gasteiger partial charge in [0.25, 0.3) is 0 Å². The number of likely N-dealkylation sites (tertiary alicyclic amines) is 1. The molecule has 0 spiro atoms. The van der Waals surface area contributed by atoms with Gasteiger partial charge in [0, 0.05) is 46.4 Å². The molecule has 1 fully saturated rings. The Balaban J connectivity index is 1.55. The standard InChI is InChI=1S/C34H50N2O9/c1-5-41-24-28-18-26(22-42-21-25(3)43-6-2)8-10-29(28)34(39)12-14-36(33(37)38)20-32(34)45-23-27-9-11-31-30(19-27)35(15-17-44-31)13-7-16-40-4/h8-11,18-19,25,32,39H,5-7,12-17,20-24H2,1-4H3,(H,37,38)/t25-,32+,34+/m1/s1. The summed E-state index contributed by atoms with van der Waals surface area (Å²) in [6.07, 6.45) is -0.751. The first-order chi connectivity index (χ1) is 21.8. The SMILES string of the molecule is CCOCc1cc(COC[C@@H](C)OCC)ccc1[C@@]1(O)CCN(C(=O)O)C[C@@H]1OCc1ccc2c(c1)N(CCCOC)CCO2. The predicted molar refractivity (Wildman–Crippen MR) is 170 cm³/mol. The highest BCUT2D eigenvalue weighted by Gasteiger charge is 2.46. The Morgan fingerprint density at radius 1 is 1.07 bits per heavy atom. The molecule has 4 rings (SSSR count). The van der Waals surface area contributed by atoms with Gasteiger partial charge in [-0.3, -0.25) is 0 Å². The number of rotatable bonds is 17.